The summed E-state index contributed by atoms with van der Waals surface area (Å²) in [5, 5.41) is 12.6. The van der Waals surface area contributed by atoms with Crippen molar-refractivity contribution in [1.29, 1.82) is 5.26 Å². The van der Waals surface area contributed by atoms with Crippen molar-refractivity contribution in [3.63, 3.8) is 0 Å². The van der Waals surface area contributed by atoms with Crippen LogP contribution in [0.15, 0.2) is 48.8 Å². The summed E-state index contributed by atoms with van der Waals surface area (Å²) in [7, 11) is 0. The summed E-state index contributed by atoms with van der Waals surface area (Å²) in [6.07, 6.45) is 4.26. The number of nitrogens with one attached hydrogen (secondary N) is 1. The van der Waals surface area contributed by atoms with Gasteiger partial charge >= 0.3 is 0 Å². The molecule has 0 aliphatic heterocycles. The first-order valence-corrected chi connectivity index (χ1v) is 8.42. The second-order valence-corrected chi connectivity index (χ2v) is 6.74. The zero-order valence-electron chi connectivity index (χ0n) is 13.5. The molecule has 0 radical (unpaired) electrons. The van der Waals surface area contributed by atoms with Gasteiger partial charge in [0.05, 0.1) is 18.1 Å². The minimum Gasteiger partial charge on any atom is -0.322 e. The number of carbonyl (C=O) groups is 1. The number of benzene rings is 1. The van der Waals surface area contributed by atoms with E-state index in [0.29, 0.717) is 12.0 Å². The Morgan fingerprint density at radius 1 is 1.21 bits per heavy atom. The van der Waals surface area contributed by atoms with E-state index in [9.17, 15) is 4.79 Å². The highest BCUT2D eigenvalue weighted by atomic mass is 32.1. The standard InChI is InChI=1S/C19H17N3OS/c1-13-14(2)24-19(22-11-3-4-12-22)17(13)18(23)21-16-7-5-15(6-8-16)9-10-20/h3-8,11-12H,9H2,1-2H3,(H,21,23). The second-order valence-electron chi connectivity index (χ2n) is 5.54. The van der Waals surface area contributed by atoms with Gasteiger partial charge in [0, 0.05) is 23.0 Å². The lowest BCUT2D eigenvalue weighted by atomic mass is 10.1. The van der Waals surface area contributed by atoms with Gasteiger partial charge < -0.3 is 9.88 Å². The molecule has 3 rings (SSSR count). The Labute approximate surface area is 145 Å². The highest BCUT2D eigenvalue weighted by molar-refractivity contribution is 7.15. The first-order chi connectivity index (χ1) is 11.6. The monoisotopic (exact) mass is 335 g/mol. The molecular weight excluding hydrogens is 318 g/mol. The van der Waals surface area contributed by atoms with E-state index in [1.807, 2.05) is 67.2 Å². The van der Waals surface area contributed by atoms with Gasteiger partial charge in [-0.2, -0.15) is 5.26 Å². The molecule has 3 aromatic rings. The molecule has 1 N–H and O–H groups in total. The van der Waals surface area contributed by atoms with Crippen LogP contribution in [0, 0.1) is 25.2 Å². The number of nitrogens with zero attached hydrogens (tertiary/aromatic N) is 2. The van der Waals surface area contributed by atoms with Crippen molar-refractivity contribution in [2.24, 2.45) is 0 Å². The second kappa shape index (κ2) is 6.73. The molecule has 5 heteroatoms. The summed E-state index contributed by atoms with van der Waals surface area (Å²) >= 11 is 1.61. The van der Waals surface area contributed by atoms with Crippen LogP contribution in [0.4, 0.5) is 5.69 Å². The number of thiophene rings is 1. The van der Waals surface area contributed by atoms with E-state index in [2.05, 4.69) is 11.4 Å². The molecule has 0 unspecified atom stereocenters. The lowest BCUT2D eigenvalue weighted by Crippen LogP contribution is -2.14. The number of rotatable bonds is 4. The molecule has 4 nitrogen and oxygen atoms in total. The van der Waals surface area contributed by atoms with Crippen LogP contribution in [0.3, 0.4) is 0 Å². The van der Waals surface area contributed by atoms with Gasteiger partial charge in [-0.1, -0.05) is 12.1 Å². The third kappa shape index (κ3) is 3.10. The maximum atomic E-state index is 12.8. The van der Waals surface area contributed by atoms with E-state index in [-0.39, 0.29) is 5.91 Å². The topological polar surface area (TPSA) is 57.8 Å². The third-order valence-electron chi connectivity index (χ3n) is 3.93. The SMILES string of the molecule is Cc1sc(-n2cccc2)c(C(=O)Nc2ccc(CC#N)cc2)c1C. The highest BCUT2D eigenvalue weighted by Gasteiger charge is 2.20. The van der Waals surface area contributed by atoms with Crippen molar-refractivity contribution in [1.82, 2.24) is 4.57 Å². The van der Waals surface area contributed by atoms with Gasteiger partial charge in [0.2, 0.25) is 0 Å². The first-order valence-electron chi connectivity index (χ1n) is 7.60. The minimum absolute atomic E-state index is 0.117. The molecule has 0 aliphatic rings. The molecule has 0 aliphatic carbocycles. The van der Waals surface area contributed by atoms with Gasteiger partial charge in [0.1, 0.15) is 5.00 Å². The van der Waals surface area contributed by atoms with Crippen LogP contribution in [-0.4, -0.2) is 10.5 Å². The number of aromatic nitrogens is 1. The summed E-state index contributed by atoms with van der Waals surface area (Å²) in [5.74, 6) is -0.117. The van der Waals surface area contributed by atoms with Crippen LogP contribution in [0.5, 0.6) is 0 Å². The van der Waals surface area contributed by atoms with Crippen LogP contribution in [0.25, 0.3) is 5.00 Å². The van der Waals surface area contributed by atoms with E-state index in [4.69, 9.17) is 5.26 Å². The van der Waals surface area contributed by atoms with Crippen molar-refractivity contribution >= 4 is 22.9 Å². The Balaban J connectivity index is 1.89. The Bertz CT molecular complexity index is 899. The average Bonchev–Trinajstić information content (AvgIpc) is 3.19. The van der Waals surface area contributed by atoms with Gasteiger partial charge in [-0.05, 0) is 49.2 Å². The molecule has 0 bridgehead atoms. The first kappa shape index (κ1) is 16.0. The number of nitriles is 1. The molecule has 0 saturated heterocycles. The quantitative estimate of drug-likeness (QED) is 0.764. The van der Waals surface area contributed by atoms with E-state index >= 15 is 0 Å². The number of hydrogen-bond donors (Lipinski definition) is 1. The fourth-order valence-corrected chi connectivity index (χ4v) is 3.64. The van der Waals surface area contributed by atoms with Gasteiger partial charge in [-0.3, -0.25) is 4.79 Å². The maximum absolute atomic E-state index is 12.8. The molecule has 2 aromatic heterocycles. The van der Waals surface area contributed by atoms with Crippen molar-refractivity contribution < 1.29 is 4.79 Å². The smallest absolute Gasteiger partial charge is 0.258 e. The van der Waals surface area contributed by atoms with Crippen LogP contribution in [0.2, 0.25) is 0 Å². The maximum Gasteiger partial charge on any atom is 0.258 e. The van der Waals surface area contributed by atoms with Crippen molar-refractivity contribution in [2.75, 3.05) is 5.32 Å². The van der Waals surface area contributed by atoms with Gasteiger partial charge in [-0.25, -0.2) is 0 Å². The highest BCUT2D eigenvalue weighted by Crippen LogP contribution is 2.31. The zero-order chi connectivity index (χ0) is 17.1. The number of anilines is 1. The van der Waals surface area contributed by atoms with Gasteiger partial charge in [-0.15, -0.1) is 11.3 Å². The van der Waals surface area contributed by atoms with Gasteiger partial charge in [0.25, 0.3) is 5.91 Å². The van der Waals surface area contributed by atoms with Crippen molar-refractivity contribution in [2.45, 2.75) is 20.3 Å². The van der Waals surface area contributed by atoms with Crippen LogP contribution in [-0.2, 0) is 6.42 Å². The average molecular weight is 335 g/mol. The molecule has 0 saturated carbocycles. The molecule has 0 spiro atoms. The Hall–Kier alpha value is -2.84. The normalized spacial score (nSPS) is 10.4. The Morgan fingerprint density at radius 2 is 1.88 bits per heavy atom. The zero-order valence-corrected chi connectivity index (χ0v) is 14.4. The van der Waals surface area contributed by atoms with E-state index in [1.54, 1.807) is 11.3 Å². The number of carbonyl (C=O) groups excluding carboxylic acids is 1. The Morgan fingerprint density at radius 3 is 2.50 bits per heavy atom. The Kier molecular flexibility index (Phi) is 4.50. The lowest BCUT2D eigenvalue weighted by Gasteiger charge is -2.09. The molecular formula is C19H17N3OS. The molecule has 1 amide bonds. The molecule has 0 atom stereocenters. The van der Waals surface area contributed by atoms with E-state index in [0.717, 1.165) is 26.7 Å². The summed E-state index contributed by atoms with van der Waals surface area (Å²) in [6.45, 7) is 4.00. The number of hydrogen-bond acceptors (Lipinski definition) is 3. The predicted molar refractivity (Wildman–Crippen MR) is 96.8 cm³/mol. The molecule has 2 heterocycles. The van der Waals surface area contributed by atoms with Crippen molar-refractivity contribution in [3.8, 4) is 11.1 Å². The number of aryl methyl sites for hydroxylation is 1. The third-order valence-corrected chi connectivity index (χ3v) is 5.15. The lowest BCUT2D eigenvalue weighted by molar-refractivity contribution is 0.102. The van der Waals surface area contributed by atoms with Crippen LogP contribution in [0.1, 0.15) is 26.4 Å². The molecule has 0 fully saturated rings. The minimum atomic E-state index is -0.117. The fraction of sp³-hybridized carbons (Fsp3) is 0.158. The largest absolute Gasteiger partial charge is 0.322 e. The summed E-state index contributed by atoms with van der Waals surface area (Å²) in [4.78, 5) is 13.9. The van der Waals surface area contributed by atoms with Crippen molar-refractivity contribution in [3.05, 3.63) is 70.4 Å². The van der Waals surface area contributed by atoms with Crippen LogP contribution < -0.4 is 5.32 Å². The molecule has 1 aromatic carbocycles. The fourth-order valence-electron chi connectivity index (χ4n) is 2.52. The summed E-state index contributed by atoms with van der Waals surface area (Å²) in [5.41, 5.74) is 3.37. The molecule has 24 heavy (non-hydrogen) atoms. The van der Waals surface area contributed by atoms with Gasteiger partial charge in [0.15, 0.2) is 0 Å². The predicted octanol–water partition coefficient (Wildman–Crippen LogP) is 4.47. The summed E-state index contributed by atoms with van der Waals surface area (Å²) in [6, 6.07) is 13.4. The van der Waals surface area contributed by atoms with Crippen LogP contribution >= 0.6 is 11.3 Å². The molecule has 120 valence electrons. The number of amides is 1. The van der Waals surface area contributed by atoms with E-state index < -0.39 is 0 Å². The summed E-state index contributed by atoms with van der Waals surface area (Å²) < 4.78 is 1.97. The van der Waals surface area contributed by atoms with E-state index in [1.165, 1.54) is 0 Å².